The molecule has 1 heterocycles. The Bertz CT molecular complexity index is 908. The highest BCUT2D eigenvalue weighted by molar-refractivity contribution is 8.00. The van der Waals surface area contributed by atoms with Crippen LogP contribution in [0.15, 0.2) is 76.2 Å². The standard InChI is InChI=1S/C20H18N2O4S/c1-25-16-9-7-14(8-10-16)21-19(23)13-27-17-5-2-4-15(12-17)22-20(24)18-6-3-11-26-18/h2-12H,13H2,1H3,(H,21,23)(H,22,24). The molecule has 0 saturated heterocycles. The number of carbonyl (C=O) groups is 2. The van der Waals surface area contributed by atoms with Crippen LogP contribution in [-0.4, -0.2) is 24.7 Å². The average Bonchev–Trinajstić information content (AvgIpc) is 3.22. The lowest BCUT2D eigenvalue weighted by molar-refractivity contribution is -0.113. The number of methoxy groups -OCH3 is 1. The van der Waals surface area contributed by atoms with Crippen molar-refractivity contribution in [3.8, 4) is 5.75 Å². The molecule has 1 aromatic heterocycles. The lowest BCUT2D eigenvalue weighted by atomic mass is 10.3. The molecule has 0 unspecified atom stereocenters. The second-order valence-electron chi connectivity index (χ2n) is 5.52. The first-order chi connectivity index (χ1) is 13.1. The van der Waals surface area contributed by atoms with E-state index in [1.807, 2.05) is 18.2 Å². The van der Waals surface area contributed by atoms with Gasteiger partial charge in [0.2, 0.25) is 5.91 Å². The predicted molar refractivity (Wildman–Crippen MR) is 105 cm³/mol. The van der Waals surface area contributed by atoms with Crippen molar-refractivity contribution < 1.29 is 18.7 Å². The highest BCUT2D eigenvalue weighted by Gasteiger charge is 2.09. The van der Waals surface area contributed by atoms with Crippen LogP contribution < -0.4 is 15.4 Å². The summed E-state index contributed by atoms with van der Waals surface area (Å²) >= 11 is 1.38. The largest absolute Gasteiger partial charge is 0.497 e. The Hall–Kier alpha value is -3.19. The third-order valence-electron chi connectivity index (χ3n) is 3.58. The maximum atomic E-state index is 12.1. The van der Waals surface area contributed by atoms with Crippen molar-refractivity contribution in [3.05, 3.63) is 72.7 Å². The van der Waals surface area contributed by atoms with Crippen LogP contribution >= 0.6 is 11.8 Å². The van der Waals surface area contributed by atoms with Gasteiger partial charge in [-0.25, -0.2) is 0 Å². The smallest absolute Gasteiger partial charge is 0.291 e. The molecule has 2 amide bonds. The topological polar surface area (TPSA) is 80.6 Å². The van der Waals surface area contributed by atoms with Crippen molar-refractivity contribution >= 4 is 35.0 Å². The van der Waals surface area contributed by atoms with Gasteiger partial charge in [0.25, 0.3) is 5.91 Å². The molecule has 0 aliphatic carbocycles. The Morgan fingerprint density at radius 2 is 1.81 bits per heavy atom. The van der Waals surface area contributed by atoms with Crippen LogP contribution in [0.3, 0.4) is 0 Å². The van der Waals surface area contributed by atoms with Crippen LogP contribution in [0.25, 0.3) is 0 Å². The van der Waals surface area contributed by atoms with E-state index in [1.165, 1.54) is 18.0 Å². The van der Waals surface area contributed by atoms with Gasteiger partial charge in [0.1, 0.15) is 5.75 Å². The van der Waals surface area contributed by atoms with E-state index in [1.54, 1.807) is 49.6 Å². The Balaban J connectivity index is 1.53. The van der Waals surface area contributed by atoms with Gasteiger partial charge >= 0.3 is 0 Å². The van der Waals surface area contributed by atoms with Crippen LogP contribution in [0, 0.1) is 0 Å². The summed E-state index contributed by atoms with van der Waals surface area (Å²) in [7, 11) is 1.59. The monoisotopic (exact) mass is 382 g/mol. The van der Waals surface area contributed by atoms with Crippen LogP contribution in [0.5, 0.6) is 5.75 Å². The fraction of sp³-hybridized carbons (Fsp3) is 0.100. The molecule has 2 aromatic carbocycles. The van der Waals surface area contributed by atoms with E-state index in [9.17, 15) is 9.59 Å². The number of ether oxygens (including phenoxy) is 1. The quantitative estimate of drug-likeness (QED) is 0.597. The third kappa shape index (κ3) is 5.39. The first kappa shape index (κ1) is 18.6. The summed E-state index contributed by atoms with van der Waals surface area (Å²) in [4.78, 5) is 25.0. The molecule has 2 N–H and O–H groups in total. The van der Waals surface area contributed by atoms with Gasteiger partial charge in [-0.15, -0.1) is 11.8 Å². The maximum Gasteiger partial charge on any atom is 0.291 e. The normalized spacial score (nSPS) is 10.3. The van der Waals surface area contributed by atoms with E-state index in [0.717, 1.165) is 10.6 Å². The number of rotatable bonds is 7. The van der Waals surface area contributed by atoms with Gasteiger partial charge in [-0.1, -0.05) is 6.07 Å². The second kappa shape index (κ2) is 8.95. The fourth-order valence-electron chi connectivity index (χ4n) is 2.28. The number of anilines is 2. The van der Waals surface area contributed by atoms with Crippen LogP contribution in [-0.2, 0) is 4.79 Å². The zero-order valence-electron chi connectivity index (χ0n) is 14.6. The summed E-state index contributed by atoms with van der Waals surface area (Å²) in [6.07, 6.45) is 1.45. The molecule has 27 heavy (non-hydrogen) atoms. The van der Waals surface area contributed by atoms with Gasteiger partial charge < -0.3 is 19.8 Å². The molecule has 0 radical (unpaired) electrons. The third-order valence-corrected chi connectivity index (χ3v) is 4.57. The molecule has 0 saturated carbocycles. The van der Waals surface area contributed by atoms with Crippen molar-refractivity contribution in [2.75, 3.05) is 23.5 Å². The predicted octanol–water partition coefficient (Wildman–Crippen LogP) is 4.27. The zero-order chi connectivity index (χ0) is 19.1. The van der Waals surface area contributed by atoms with Crippen molar-refractivity contribution in [1.29, 1.82) is 0 Å². The molecule has 3 aromatic rings. The number of furan rings is 1. The summed E-state index contributed by atoms with van der Waals surface area (Å²) in [6, 6.07) is 17.7. The lowest BCUT2D eigenvalue weighted by Gasteiger charge is -2.08. The molecule has 0 spiro atoms. The van der Waals surface area contributed by atoms with Crippen LogP contribution in [0.1, 0.15) is 10.6 Å². The minimum atomic E-state index is -0.320. The van der Waals surface area contributed by atoms with Gasteiger partial charge in [0.15, 0.2) is 5.76 Å². The molecule has 0 aliphatic heterocycles. The van der Waals surface area contributed by atoms with E-state index in [4.69, 9.17) is 9.15 Å². The maximum absolute atomic E-state index is 12.1. The minimum absolute atomic E-state index is 0.116. The Kier molecular flexibility index (Phi) is 6.17. The Morgan fingerprint density at radius 1 is 1.00 bits per heavy atom. The number of thioether (sulfide) groups is 1. The highest BCUT2D eigenvalue weighted by Crippen LogP contribution is 2.23. The molecule has 0 aliphatic rings. The SMILES string of the molecule is COc1ccc(NC(=O)CSc2cccc(NC(=O)c3ccco3)c2)cc1. The molecule has 0 bridgehead atoms. The Labute approximate surface area is 160 Å². The van der Waals surface area contributed by atoms with Crippen molar-refractivity contribution in [1.82, 2.24) is 0 Å². The summed E-state index contributed by atoms with van der Waals surface area (Å²) < 4.78 is 10.2. The summed E-state index contributed by atoms with van der Waals surface area (Å²) in [5.41, 5.74) is 1.35. The number of nitrogens with one attached hydrogen (secondary N) is 2. The van der Waals surface area contributed by atoms with Crippen molar-refractivity contribution in [2.45, 2.75) is 4.90 Å². The number of amides is 2. The van der Waals surface area contributed by atoms with Gasteiger partial charge in [-0.05, 0) is 54.6 Å². The summed E-state index contributed by atoms with van der Waals surface area (Å²) in [5, 5.41) is 5.60. The van der Waals surface area contributed by atoms with E-state index >= 15 is 0 Å². The van der Waals surface area contributed by atoms with Crippen LogP contribution in [0.2, 0.25) is 0 Å². The molecule has 7 heteroatoms. The summed E-state index contributed by atoms with van der Waals surface area (Å²) in [5.74, 6) is 0.791. The molecule has 6 nitrogen and oxygen atoms in total. The van der Waals surface area contributed by atoms with E-state index in [2.05, 4.69) is 10.6 Å². The van der Waals surface area contributed by atoms with Crippen molar-refractivity contribution in [3.63, 3.8) is 0 Å². The lowest BCUT2D eigenvalue weighted by Crippen LogP contribution is -2.14. The molecule has 0 atom stereocenters. The minimum Gasteiger partial charge on any atom is -0.497 e. The first-order valence-electron chi connectivity index (χ1n) is 8.15. The molecule has 3 rings (SSSR count). The zero-order valence-corrected chi connectivity index (χ0v) is 15.4. The van der Waals surface area contributed by atoms with E-state index in [0.29, 0.717) is 11.4 Å². The van der Waals surface area contributed by atoms with Crippen LogP contribution in [0.4, 0.5) is 11.4 Å². The Morgan fingerprint density at radius 3 is 2.52 bits per heavy atom. The van der Waals surface area contributed by atoms with Gasteiger partial charge in [-0.3, -0.25) is 9.59 Å². The summed E-state index contributed by atoms with van der Waals surface area (Å²) in [6.45, 7) is 0. The number of benzene rings is 2. The molecule has 0 fully saturated rings. The second-order valence-corrected chi connectivity index (χ2v) is 6.57. The number of hydrogen-bond acceptors (Lipinski definition) is 5. The van der Waals surface area contributed by atoms with E-state index in [-0.39, 0.29) is 23.3 Å². The van der Waals surface area contributed by atoms with E-state index < -0.39 is 0 Å². The highest BCUT2D eigenvalue weighted by atomic mass is 32.2. The number of hydrogen-bond donors (Lipinski definition) is 2. The molecule has 138 valence electrons. The molecular weight excluding hydrogens is 364 g/mol. The van der Waals surface area contributed by atoms with Gasteiger partial charge in [-0.2, -0.15) is 0 Å². The fourth-order valence-corrected chi connectivity index (χ4v) is 3.04. The number of carbonyl (C=O) groups excluding carboxylic acids is 2. The van der Waals surface area contributed by atoms with Gasteiger partial charge in [0.05, 0.1) is 19.1 Å². The average molecular weight is 382 g/mol. The van der Waals surface area contributed by atoms with Gasteiger partial charge in [0, 0.05) is 16.3 Å². The van der Waals surface area contributed by atoms with Crippen molar-refractivity contribution in [2.24, 2.45) is 0 Å². The first-order valence-corrected chi connectivity index (χ1v) is 9.14. The molecular formula is C20H18N2O4S.